The maximum absolute atomic E-state index is 15.3. The number of alkyl halides is 12. The molecule has 2 aromatic rings. The van der Waals surface area contributed by atoms with Gasteiger partial charge in [-0.05, 0) is 29.8 Å². The fourth-order valence-electron chi connectivity index (χ4n) is 2.84. The molecule has 2 aromatic carbocycles. The van der Waals surface area contributed by atoms with Crippen LogP contribution >= 0.6 is 15.9 Å². The quantitative estimate of drug-likeness (QED) is 0.345. The molecule has 3 nitrogen and oxygen atoms in total. The van der Waals surface area contributed by atoms with Gasteiger partial charge in [-0.1, -0.05) is 28.1 Å². The Hall–Kier alpha value is -2.48. The highest BCUT2D eigenvalue weighted by molar-refractivity contribution is 9.10. The van der Waals surface area contributed by atoms with Crippen molar-refractivity contribution >= 4 is 25.8 Å². The molecule has 35 heavy (non-hydrogen) atoms. The van der Waals surface area contributed by atoms with E-state index in [9.17, 15) is 56.7 Å². The van der Waals surface area contributed by atoms with Crippen LogP contribution < -0.4 is 0 Å². The summed E-state index contributed by atoms with van der Waals surface area (Å²) < 4.78 is 184. The first-order valence-electron chi connectivity index (χ1n) is 8.40. The van der Waals surface area contributed by atoms with Crippen LogP contribution in [-0.4, -0.2) is 32.2 Å². The summed E-state index contributed by atoms with van der Waals surface area (Å²) in [7, 11) is -6.65. The zero-order valence-corrected chi connectivity index (χ0v) is 18.5. The third-order valence-electron chi connectivity index (χ3n) is 4.53. The van der Waals surface area contributed by atoms with E-state index in [2.05, 4.69) is 15.9 Å². The molecule has 0 aliphatic rings. The maximum Gasteiger partial charge on any atom is 0.501 e. The molecule has 0 saturated carbocycles. The van der Waals surface area contributed by atoms with Gasteiger partial charge in [0, 0.05) is 15.6 Å². The fourth-order valence-corrected chi connectivity index (χ4v) is 4.50. The molecule has 0 spiro atoms. The van der Waals surface area contributed by atoms with Gasteiger partial charge in [0.25, 0.3) is 9.84 Å². The van der Waals surface area contributed by atoms with Crippen molar-refractivity contribution in [2.75, 3.05) is 0 Å². The third-order valence-corrected chi connectivity index (χ3v) is 6.62. The molecule has 0 bridgehead atoms. The van der Waals surface area contributed by atoms with Crippen LogP contribution in [0.3, 0.4) is 0 Å². The average molecular weight is 608 g/mol. The number of sulfone groups is 1. The summed E-state index contributed by atoms with van der Waals surface area (Å²) in [5.74, 6) is -7.31. The molecule has 0 saturated heterocycles. The summed E-state index contributed by atoms with van der Waals surface area (Å²) in [5, 5.41) is 8.78. The third kappa shape index (κ3) is 4.57. The minimum absolute atomic E-state index is 0.0393. The van der Waals surface area contributed by atoms with Gasteiger partial charge in [-0.15, -0.1) is 0 Å². The first-order chi connectivity index (χ1) is 15.5. The van der Waals surface area contributed by atoms with E-state index < -0.39 is 71.4 Å². The summed E-state index contributed by atoms with van der Waals surface area (Å²) in [6.07, 6.45) is -14.4. The lowest BCUT2D eigenvalue weighted by Crippen LogP contribution is -2.60. The highest BCUT2D eigenvalue weighted by atomic mass is 79.9. The van der Waals surface area contributed by atoms with Gasteiger partial charge in [-0.3, -0.25) is 0 Å². The van der Waals surface area contributed by atoms with E-state index in [1.54, 1.807) is 6.07 Å². The number of rotatable bonds is 4. The van der Waals surface area contributed by atoms with Crippen LogP contribution in [0, 0.1) is 11.3 Å². The van der Waals surface area contributed by atoms with Crippen molar-refractivity contribution < 1.29 is 61.1 Å². The summed E-state index contributed by atoms with van der Waals surface area (Å²) in [5.41, 5.74) is -18.2. The van der Waals surface area contributed by atoms with Crippen molar-refractivity contribution in [3.8, 4) is 17.2 Å². The van der Waals surface area contributed by atoms with Gasteiger partial charge >= 0.3 is 29.5 Å². The Balaban J connectivity index is 3.18. The highest BCUT2D eigenvalue weighted by Gasteiger charge is 2.82. The minimum atomic E-state index is -7.31. The Kier molecular flexibility index (Phi) is 7.04. The van der Waals surface area contributed by atoms with Crippen molar-refractivity contribution in [1.82, 2.24) is 0 Å². The summed E-state index contributed by atoms with van der Waals surface area (Å²) in [6, 6.07) is 3.60. The molecule has 1 atom stereocenters. The molecule has 0 fully saturated rings. The van der Waals surface area contributed by atoms with E-state index in [-0.39, 0.29) is 11.6 Å². The van der Waals surface area contributed by atoms with E-state index >= 15 is 4.39 Å². The van der Waals surface area contributed by atoms with Gasteiger partial charge in [0.05, 0.1) is 16.5 Å². The number of benzene rings is 2. The van der Waals surface area contributed by atoms with Crippen LogP contribution in [0.25, 0.3) is 11.1 Å². The zero-order valence-electron chi connectivity index (χ0n) is 16.0. The van der Waals surface area contributed by atoms with E-state index in [1.165, 1.54) is 0 Å². The van der Waals surface area contributed by atoms with Crippen LogP contribution in [0.15, 0.2) is 45.8 Å². The number of hydrogen-bond donors (Lipinski definition) is 0. The summed E-state index contributed by atoms with van der Waals surface area (Å²) in [6.45, 7) is 0. The number of halogens is 13. The monoisotopic (exact) mass is 607 g/mol. The van der Waals surface area contributed by atoms with Crippen molar-refractivity contribution in [2.24, 2.45) is 0 Å². The van der Waals surface area contributed by atoms with Crippen molar-refractivity contribution in [1.29, 1.82) is 5.26 Å². The second-order valence-corrected chi connectivity index (χ2v) is 9.49. The van der Waals surface area contributed by atoms with Gasteiger partial charge in [-0.25, -0.2) is 12.8 Å². The number of nitriles is 1. The lowest BCUT2D eigenvalue weighted by atomic mass is 9.82. The minimum Gasteiger partial charge on any atom is -0.221 e. The second kappa shape index (κ2) is 8.57. The second-order valence-electron chi connectivity index (χ2n) is 6.69. The normalized spacial score (nSPS) is 15.4. The fraction of sp³-hybridized carbons (Fsp3) is 0.278. The molecule has 0 aliphatic carbocycles. The molecule has 0 N–H and O–H groups in total. The lowest BCUT2D eigenvalue weighted by molar-refractivity contribution is -0.389. The summed E-state index contributed by atoms with van der Waals surface area (Å²) in [4.78, 5) is -2.24. The molecule has 0 amide bonds. The molecule has 0 aliphatic heterocycles. The average Bonchev–Trinajstić information content (AvgIpc) is 2.70. The molecule has 0 radical (unpaired) electrons. The largest absolute Gasteiger partial charge is 0.501 e. The molecule has 0 aromatic heterocycles. The standard InChI is InChI=1S/C18H6BrF12NO2S/c19-12-6-10(35(33,34)18(29,30)31)5-11(13(12)9-3-1-8(7-32)2-4-9)14(20,16(23,24)25)15(21,22)17(26,27)28/h1-6H. The molecule has 2 rings (SSSR count). The Morgan fingerprint density at radius 3 is 1.63 bits per heavy atom. The van der Waals surface area contributed by atoms with Gasteiger partial charge in [0.1, 0.15) is 0 Å². The van der Waals surface area contributed by atoms with Crippen LogP contribution in [0.4, 0.5) is 52.7 Å². The van der Waals surface area contributed by atoms with Gasteiger partial charge in [-0.2, -0.15) is 53.6 Å². The van der Waals surface area contributed by atoms with E-state index in [1.807, 2.05) is 0 Å². The van der Waals surface area contributed by atoms with Gasteiger partial charge in [0.15, 0.2) is 0 Å². The van der Waals surface area contributed by atoms with Crippen molar-refractivity contribution in [3.05, 3.63) is 52.0 Å². The molecule has 17 heteroatoms. The Bertz CT molecular complexity index is 1280. The SMILES string of the molecule is N#Cc1ccc(-c2c(Br)cc(S(=O)(=O)C(F)(F)F)cc2C(F)(C(F)(F)F)C(F)(F)C(F)(F)F)cc1. The van der Waals surface area contributed by atoms with Crippen LogP contribution in [-0.2, 0) is 15.5 Å². The smallest absolute Gasteiger partial charge is 0.221 e. The van der Waals surface area contributed by atoms with E-state index in [0.717, 1.165) is 12.1 Å². The molecule has 0 heterocycles. The topological polar surface area (TPSA) is 57.9 Å². The van der Waals surface area contributed by atoms with Crippen molar-refractivity contribution in [2.45, 2.75) is 34.3 Å². The molecule has 192 valence electrons. The van der Waals surface area contributed by atoms with Crippen molar-refractivity contribution in [3.63, 3.8) is 0 Å². The zero-order chi connectivity index (χ0) is 27.4. The predicted octanol–water partition coefficient (Wildman–Crippen LogP) is 7.21. The maximum atomic E-state index is 15.3. The Morgan fingerprint density at radius 1 is 0.771 bits per heavy atom. The van der Waals surface area contributed by atoms with E-state index in [4.69, 9.17) is 5.26 Å². The first-order valence-corrected chi connectivity index (χ1v) is 10.7. The Labute approximate surface area is 196 Å². The van der Waals surface area contributed by atoms with Gasteiger partial charge < -0.3 is 0 Å². The molecular formula is C18H6BrF12NO2S. The number of nitrogens with zero attached hydrogens (tertiary/aromatic N) is 1. The van der Waals surface area contributed by atoms with Crippen LogP contribution in [0.1, 0.15) is 11.1 Å². The number of hydrogen-bond acceptors (Lipinski definition) is 3. The highest BCUT2D eigenvalue weighted by Crippen LogP contribution is 2.60. The van der Waals surface area contributed by atoms with E-state index in [0.29, 0.717) is 12.1 Å². The first kappa shape index (κ1) is 28.8. The lowest BCUT2D eigenvalue weighted by Gasteiger charge is -2.37. The summed E-state index contributed by atoms with van der Waals surface area (Å²) >= 11 is 2.35. The predicted molar refractivity (Wildman–Crippen MR) is 97.4 cm³/mol. The molecular weight excluding hydrogens is 602 g/mol. The molecule has 1 unspecified atom stereocenters. The van der Waals surface area contributed by atoms with Crippen LogP contribution in [0.5, 0.6) is 0 Å². The van der Waals surface area contributed by atoms with Gasteiger partial charge in [0.2, 0.25) is 0 Å². The Morgan fingerprint density at radius 2 is 1.26 bits per heavy atom. The van der Waals surface area contributed by atoms with Crippen LogP contribution in [0.2, 0.25) is 0 Å².